The quantitative estimate of drug-likeness (QED) is 0.703. The van der Waals surface area contributed by atoms with Crippen molar-refractivity contribution in [3.63, 3.8) is 0 Å². The van der Waals surface area contributed by atoms with Crippen molar-refractivity contribution in [1.82, 2.24) is 0 Å². The van der Waals surface area contributed by atoms with Crippen LogP contribution in [0.5, 0.6) is 0 Å². The standard InChI is InChI=1S/C10H8BrNO/c11-10(13)4-3-8-5-7(6-12)1-2-9(8)10/h1-2,5,13H,3-4H2. The van der Waals surface area contributed by atoms with Crippen LogP contribution in [0.3, 0.4) is 0 Å². The summed E-state index contributed by atoms with van der Waals surface area (Å²) in [5.41, 5.74) is 2.62. The first-order chi connectivity index (χ1) is 6.13. The highest BCUT2D eigenvalue weighted by atomic mass is 79.9. The first-order valence-electron chi connectivity index (χ1n) is 4.08. The van der Waals surface area contributed by atoms with Gasteiger partial charge in [-0.3, -0.25) is 0 Å². The second-order valence-corrected chi connectivity index (χ2v) is 4.55. The normalized spacial score (nSPS) is 25.3. The van der Waals surface area contributed by atoms with E-state index in [0.717, 1.165) is 17.5 Å². The van der Waals surface area contributed by atoms with Gasteiger partial charge in [0.15, 0.2) is 0 Å². The zero-order valence-electron chi connectivity index (χ0n) is 6.92. The third kappa shape index (κ3) is 1.37. The molecule has 1 aliphatic rings. The van der Waals surface area contributed by atoms with E-state index >= 15 is 0 Å². The molecule has 1 N–H and O–H groups in total. The minimum atomic E-state index is -0.879. The molecular formula is C10H8BrNO. The fourth-order valence-corrected chi connectivity index (χ4v) is 2.26. The molecule has 1 aliphatic carbocycles. The lowest BCUT2D eigenvalue weighted by Crippen LogP contribution is -2.11. The Labute approximate surface area is 84.9 Å². The summed E-state index contributed by atoms with van der Waals surface area (Å²) >= 11 is 3.26. The largest absolute Gasteiger partial charge is 0.375 e. The van der Waals surface area contributed by atoms with Gasteiger partial charge in [-0.05, 0) is 52.0 Å². The van der Waals surface area contributed by atoms with Crippen molar-refractivity contribution in [3.8, 4) is 6.07 Å². The molecule has 1 unspecified atom stereocenters. The number of aryl methyl sites for hydroxylation is 1. The van der Waals surface area contributed by atoms with Crippen LogP contribution < -0.4 is 0 Å². The van der Waals surface area contributed by atoms with Crippen LogP contribution in [-0.2, 0) is 10.9 Å². The molecule has 3 heteroatoms. The van der Waals surface area contributed by atoms with Gasteiger partial charge in [0.05, 0.1) is 11.6 Å². The highest BCUT2D eigenvalue weighted by molar-refractivity contribution is 9.09. The number of alkyl halides is 1. The van der Waals surface area contributed by atoms with Crippen LogP contribution >= 0.6 is 15.9 Å². The van der Waals surface area contributed by atoms with E-state index in [1.54, 1.807) is 6.07 Å². The summed E-state index contributed by atoms with van der Waals surface area (Å²) in [7, 11) is 0. The van der Waals surface area contributed by atoms with Gasteiger partial charge in [0.2, 0.25) is 0 Å². The van der Waals surface area contributed by atoms with Crippen molar-refractivity contribution in [2.45, 2.75) is 17.4 Å². The van der Waals surface area contributed by atoms with Gasteiger partial charge in [-0.1, -0.05) is 6.07 Å². The predicted molar refractivity (Wildman–Crippen MR) is 52.3 cm³/mol. The summed E-state index contributed by atoms with van der Waals surface area (Å²) < 4.78 is -0.879. The Hall–Kier alpha value is -0.850. The number of hydrogen-bond acceptors (Lipinski definition) is 2. The first-order valence-corrected chi connectivity index (χ1v) is 4.87. The molecule has 1 atom stereocenters. The van der Waals surface area contributed by atoms with Crippen molar-refractivity contribution in [2.75, 3.05) is 0 Å². The van der Waals surface area contributed by atoms with Gasteiger partial charge in [0.1, 0.15) is 4.51 Å². The van der Waals surface area contributed by atoms with Crippen LogP contribution in [0.15, 0.2) is 18.2 Å². The molecule has 0 bridgehead atoms. The van der Waals surface area contributed by atoms with Crippen molar-refractivity contribution in [3.05, 3.63) is 34.9 Å². The van der Waals surface area contributed by atoms with E-state index in [-0.39, 0.29) is 0 Å². The van der Waals surface area contributed by atoms with Gasteiger partial charge in [0, 0.05) is 0 Å². The van der Waals surface area contributed by atoms with E-state index in [1.807, 2.05) is 12.1 Å². The summed E-state index contributed by atoms with van der Waals surface area (Å²) in [6, 6.07) is 7.48. The Balaban J connectivity index is 2.54. The summed E-state index contributed by atoms with van der Waals surface area (Å²) in [6.07, 6.45) is 1.50. The third-order valence-corrected chi connectivity index (χ3v) is 3.20. The van der Waals surface area contributed by atoms with Crippen molar-refractivity contribution in [2.24, 2.45) is 0 Å². The van der Waals surface area contributed by atoms with Gasteiger partial charge in [0.25, 0.3) is 0 Å². The minimum absolute atomic E-state index is 0.656. The SMILES string of the molecule is N#Cc1ccc2c(c1)CCC2(O)Br. The average molecular weight is 238 g/mol. The van der Waals surface area contributed by atoms with Crippen molar-refractivity contribution < 1.29 is 5.11 Å². The average Bonchev–Trinajstić information content (AvgIpc) is 2.42. The van der Waals surface area contributed by atoms with Gasteiger partial charge in [-0.2, -0.15) is 5.26 Å². The molecule has 0 spiro atoms. The summed E-state index contributed by atoms with van der Waals surface area (Å²) in [4.78, 5) is 0. The maximum absolute atomic E-state index is 9.84. The number of aliphatic hydroxyl groups is 1. The predicted octanol–water partition coefficient (Wildman–Crippen LogP) is 2.04. The molecule has 0 saturated carbocycles. The molecule has 13 heavy (non-hydrogen) atoms. The lowest BCUT2D eigenvalue weighted by molar-refractivity contribution is 0.148. The highest BCUT2D eigenvalue weighted by Gasteiger charge is 2.33. The fourth-order valence-electron chi connectivity index (χ4n) is 1.68. The molecule has 1 aromatic rings. The van der Waals surface area contributed by atoms with Crippen LogP contribution in [-0.4, -0.2) is 5.11 Å². The topological polar surface area (TPSA) is 44.0 Å². The molecule has 66 valence electrons. The van der Waals surface area contributed by atoms with Crippen LogP contribution in [0.2, 0.25) is 0 Å². The van der Waals surface area contributed by atoms with Crippen LogP contribution in [0.4, 0.5) is 0 Å². The van der Waals surface area contributed by atoms with E-state index in [4.69, 9.17) is 5.26 Å². The molecule has 0 amide bonds. The number of fused-ring (bicyclic) bond motifs is 1. The number of rotatable bonds is 0. The second kappa shape index (κ2) is 2.83. The van der Waals surface area contributed by atoms with Gasteiger partial charge in [-0.15, -0.1) is 0 Å². The van der Waals surface area contributed by atoms with E-state index in [1.165, 1.54) is 0 Å². The second-order valence-electron chi connectivity index (χ2n) is 3.24. The molecule has 0 heterocycles. The first kappa shape index (κ1) is 8.74. The zero-order valence-corrected chi connectivity index (χ0v) is 8.50. The summed E-state index contributed by atoms with van der Waals surface area (Å²) in [6.45, 7) is 0. The van der Waals surface area contributed by atoms with E-state index in [2.05, 4.69) is 22.0 Å². The number of nitriles is 1. The Bertz CT molecular complexity index is 392. The van der Waals surface area contributed by atoms with Crippen molar-refractivity contribution in [1.29, 1.82) is 5.26 Å². The molecule has 1 aromatic carbocycles. The Morgan fingerprint density at radius 2 is 2.31 bits per heavy atom. The maximum atomic E-state index is 9.84. The molecule has 0 aliphatic heterocycles. The molecule has 0 radical (unpaired) electrons. The number of nitrogens with zero attached hydrogens (tertiary/aromatic N) is 1. The summed E-state index contributed by atoms with van der Waals surface area (Å²) in [5, 5.41) is 18.5. The van der Waals surface area contributed by atoms with Gasteiger partial charge >= 0.3 is 0 Å². The monoisotopic (exact) mass is 237 g/mol. The van der Waals surface area contributed by atoms with Crippen LogP contribution in [0.25, 0.3) is 0 Å². The highest BCUT2D eigenvalue weighted by Crippen LogP contribution is 2.41. The number of hydrogen-bond donors (Lipinski definition) is 1. The lowest BCUT2D eigenvalue weighted by Gasteiger charge is -2.14. The smallest absolute Gasteiger partial charge is 0.145 e. The fraction of sp³-hybridized carbons (Fsp3) is 0.300. The lowest BCUT2D eigenvalue weighted by atomic mass is 10.1. The van der Waals surface area contributed by atoms with E-state index in [9.17, 15) is 5.11 Å². The van der Waals surface area contributed by atoms with Crippen LogP contribution in [0.1, 0.15) is 23.1 Å². The molecule has 0 fully saturated rings. The van der Waals surface area contributed by atoms with Crippen molar-refractivity contribution >= 4 is 15.9 Å². The zero-order chi connectivity index (χ0) is 9.47. The van der Waals surface area contributed by atoms with E-state index < -0.39 is 4.51 Å². The molecule has 0 aromatic heterocycles. The number of halogens is 1. The van der Waals surface area contributed by atoms with Crippen LogP contribution in [0, 0.1) is 11.3 Å². The third-order valence-electron chi connectivity index (χ3n) is 2.37. The Kier molecular flexibility index (Phi) is 1.90. The molecule has 0 saturated heterocycles. The summed E-state index contributed by atoms with van der Waals surface area (Å²) in [5.74, 6) is 0. The van der Waals surface area contributed by atoms with E-state index in [0.29, 0.717) is 12.0 Å². The van der Waals surface area contributed by atoms with Gasteiger partial charge in [-0.25, -0.2) is 0 Å². The van der Waals surface area contributed by atoms with Gasteiger partial charge < -0.3 is 5.11 Å². The minimum Gasteiger partial charge on any atom is -0.375 e. The molecule has 2 rings (SSSR count). The number of benzene rings is 1. The Morgan fingerprint density at radius 1 is 1.54 bits per heavy atom. The maximum Gasteiger partial charge on any atom is 0.145 e. The molecule has 2 nitrogen and oxygen atoms in total. The Morgan fingerprint density at radius 3 is 3.00 bits per heavy atom. The molecular weight excluding hydrogens is 230 g/mol.